The quantitative estimate of drug-likeness (QED) is 0.779. The first-order chi connectivity index (χ1) is 7.88. The van der Waals surface area contributed by atoms with E-state index in [0.29, 0.717) is 0 Å². The lowest BCUT2D eigenvalue weighted by molar-refractivity contribution is 0.489. The first kappa shape index (κ1) is 11.7. The SMILES string of the molecule is CCCn1ccc(CNCC2CCCC2)c1. The summed E-state index contributed by atoms with van der Waals surface area (Å²) in [6.07, 6.45) is 11.4. The van der Waals surface area contributed by atoms with Crippen LogP contribution in [0.2, 0.25) is 0 Å². The third-order valence-corrected chi connectivity index (χ3v) is 3.53. The van der Waals surface area contributed by atoms with Crippen LogP contribution in [0.5, 0.6) is 0 Å². The summed E-state index contributed by atoms with van der Waals surface area (Å²) >= 11 is 0. The second-order valence-corrected chi connectivity index (χ2v) is 5.04. The fraction of sp³-hybridized carbons (Fsp3) is 0.714. The minimum Gasteiger partial charge on any atom is -0.354 e. The maximum absolute atomic E-state index is 3.59. The molecule has 1 aromatic heterocycles. The van der Waals surface area contributed by atoms with E-state index < -0.39 is 0 Å². The first-order valence-electron chi connectivity index (χ1n) is 6.74. The van der Waals surface area contributed by atoms with Gasteiger partial charge in [0.15, 0.2) is 0 Å². The lowest BCUT2D eigenvalue weighted by Crippen LogP contribution is -2.20. The van der Waals surface area contributed by atoms with Crippen molar-refractivity contribution in [1.82, 2.24) is 9.88 Å². The average Bonchev–Trinajstić information content (AvgIpc) is 2.90. The highest BCUT2D eigenvalue weighted by Gasteiger charge is 2.13. The van der Waals surface area contributed by atoms with Gasteiger partial charge in [0, 0.05) is 25.5 Å². The molecular weight excluding hydrogens is 196 g/mol. The summed E-state index contributed by atoms with van der Waals surface area (Å²) < 4.78 is 2.28. The summed E-state index contributed by atoms with van der Waals surface area (Å²) in [7, 11) is 0. The minimum absolute atomic E-state index is 0.942. The molecule has 2 rings (SSSR count). The molecular formula is C14H24N2. The zero-order valence-electron chi connectivity index (χ0n) is 10.4. The molecule has 1 saturated carbocycles. The second-order valence-electron chi connectivity index (χ2n) is 5.04. The van der Waals surface area contributed by atoms with E-state index in [1.54, 1.807) is 0 Å². The molecule has 1 fully saturated rings. The number of hydrogen-bond acceptors (Lipinski definition) is 1. The number of hydrogen-bond donors (Lipinski definition) is 1. The topological polar surface area (TPSA) is 17.0 Å². The molecule has 1 aliphatic rings. The fourth-order valence-electron chi connectivity index (χ4n) is 2.63. The van der Waals surface area contributed by atoms with E-state index >= 15 is 0 Å². The van der Waals surface area contributed by atoms with Gasteiger partial charge in [-0.15, -0.1) is 0 Å². The van der Waals surface area contributed by atoms with E-state index in [9.17, 15) is 0 Å². The predicted octanol–water partition coefficient (Wildman–Crippen LogP) is 3.18. The van der Waals surface area contributed by atoms with Gasteiger partial charge in [-0.2, -0.15) is 0 Å². The molecule has 0 aliphatic heterocycles. The first-order valence-corrected chi connectivity index (χ1v) is 6.74. The number of aromatic nitrogens is 1. The van der Waals surface area contributed by atoms with Crippen molar-refractivity contribution < 1.29 is 0 Å². The van der Waals surface area contributed by atoms with Gasteiger partial charge >= 0.3 is 0 Å². The van der Waals surface area contributed by atoms with Crippen molar-refractivity contribution in [2.75, 3.05) is 6.54 Å². The highest BCUT2D eigenvalue weighted by Crippen LogP contribution is 2.23. The molecule has 0 bridgehead atoms. The van der Waals surface area contributed by atoms with Crippen LogP contribution in [0.25, 0.3) is 0 Å². The van der Waals surface area contributed by atoms with Gasteiger partial charge in [-0.05, 0) is 43.4 Å². The van der Waals surface area contributed by atoms with Gasteiger partial charge in [0.05, 0.1) is 0 Å². The van der Waals surface area contributed by atoms with Crippen LogP contribution in [0, 0.1) is 5.92 Å². The van der Waals surface area contributed by atoms with Crippen molar-refractivity contribution in [2.24, 2.45) is 5.92 Å². The molecule has 1 aromatic rings. The fourth-order valence-corrected chi connectivity index (χ4v) is 2.63. The third-order valence-electron chi connectivity index (χ3n) is 3.53. The average molecular weight is 220 g/mol. The molecule has 0 amide bonds. The monoisotopic (exact) mass is 220 g/mol. The largest absolute Gasteiger partial charge is 0.354 e. The molecule has 1 heterocycles. The van der Waals surface area contributed by atoms with E-state index in [-0.39, 0.29) is 0 Å². The van der Waals surface area contributed by atoms with Crippen molar-refractivity contribution >= 4 is 0 Å². The number of nitrogens with zero attached hydrogens (tertiary/aromatic N) is 1. The molecule has 0 unspecified atom stereocenters. The summed E-state index contributed by atoms with van der Waals surface area (Å²) in [6, 6.07) is 2.23. The lowest BCUT2D eigenvalue weighted by Gasteiger charge is -2.09. The zero-order valence-corrected chi connectivity index (χ0v) is 10.4. The van der Waals surface area contributed by atoms with Gasteiger partial charge in [-0.3, -0.25) is 0 Å². The maximum atomic E-state index is 3.59. The van der Waals surface area contributed by atoms with Gasteiger partial charge in [0.25, 0.3) is 0 Å². The van der Waals surface area contributed by atoms with E-state index in [1.165, 1.54) is 44.2 Å². The van der Waals surface area contributed by atoms with Crippen molar-refractivity contribution in [3.8, 4) is 0 Å². The molecule has 2 heteroatoms. The molecule has 1 aliphatic carbocycles. The number of nitrogens with one attached hydrogen (secondary N) is 1. The number of aryl methyl sites for hydroxylation is 1. The van der Waals surface area contributed by atoms with E-state index in [0.717, 1.165) is 19.0 Å². The second kappa shape index (κ2) is 6.09. The van der Waals surface area contributed by atoms with Gasteiger partial charge in [0.2, 0.25) is 0 Å². The van der Waals surface area contributed by atoms with Crippen LogP contribution in [0.1, 0.15) is 44.6 Å². The van der Waals surface area contributed by atoms with Crippen LogP contribution in [0.4, 0.5) is 0 Å². The molecule has 16 heavy (non-hydrogen) atoms. The van der Waals surface area contributed by atoms with Crippen molar-refractivity contribution in [3.63, 3.8) is 0 Å². The lowest BCUT2D eigenvalue weighted by atomic mass is 10.1. The zero-order chi connectivity index (χ0) is 11.2. The van der Waals surface area contributed by atoms with Gasteiger partial charge in [0.1, 0.15) is 0 Å². The Balaban J connectivity index is 1.67. The molecule has 0 atom stereocenters. The summed E-state index contributed by atoms with van der Waals surface area (Å²) in [4.78, 5) is 0. The smallest absolute Gasteiger partial charge is 0.0220 e. The van der Waals surface area contributed by atoms with Gasteiger partial charge in [-0.1, -0.05) is 19.8 Å². The predicted molar refractivity (Wildman–Crippen MR) is 68.4 cm³/mol. The van der Waals surface area contributed by atoms with E-state index in [2.05, 4.69) is 35.3 Å². The number of rotatable bonds is 6. The molecule has 1 N–H and O–H groups in total. The summed E-state index contributed by atoms with van der Waals surface area (Å²) in [5.74, 6) is 0.942. The molecule has 90 valence electrons. The normalized spacial score (nSPS) is 17.1. The van der Waals surface area contributed by atoms with Gasteiger partial charge in [-0.25, -0.2) is 0 Å². The van der Waals surface area contributed by atoms with Crippen LogP contribution >= 0.6 is 0 Å². The summed E-state index contributed by atoms with van der Waals surface area (Å²) in [5, 5.41) is 3.59. The Labute approximate surface area is 99.0 Å². The molecule has 0 spiro atoms. The van der Waals surface area contributed by atoms with Gasteiger partial charge < -0.3 is 9.88 Å². The van der Waals surface area contributed by atoms with Crippen molar-refractivity contribution in [1.29, 1.82) is 0 Å². The highest BCUT2D eigenvalue weighted by atomic mass is 14.9. The van der Waals surface area contributed by atoms with Crippen LogP contribution in [0.15, 0.2) is 18.5 Å². The van der Waals surface area contributed by atoms with Crippen molar-refractivity contribution in [2.45, 2.75) is 52.1 Å². The van der Waals surface area contributed by atoms with Crippen LogP contribution in [-0.2, 0) is 13.1 Å². The third kappa shape index (κ3) is 3.38. The van der Waals surface area contributed by atoms with E-state index in [1.807, 2.05) is 0 Å². The Kier molecular flexibility index (Phi) is 4.46. The maximum Gasteiger partial charge on any atom is 0.0220 e. The molecule has 0 aromatic carbocycles. The summed E-state index contributed by atoms with van der Waals surface area (Å²) in [5.41, 5.74) is 1.42. The minimum atomic E-state index is 0.942. The summed E-state index contributed by atoms with van der Waals surface area (Å²) in [6.45, 7) is 5.60. The van der Waals surface area contributed by atoms with Crippen LogP contribution < -0.4 is 5.32 Å². The van der Waals surface area contributed by atoms with E-state index in [4.69, 9.17) is 0 Å². The molecule has 0 saturated heterocycles. The molecule has 0 radical (unpaired) electrons. The Morgan fingerprint density at radius 2 is 2.19 bits per heavy atom. The molecule has 2 nitrogen and oxygen atoms in total. The Bertz CT molecular complexity index is 297. The Morgan fingerprint density at radius 1 is 1.38 bits per heavy atom. The van der Waals surface area contributed by atoms with Crippen molar-refractivity contribution in [3.05, 3.63) is 24.0 Å². The standard InChI is InChI=1S/C14H24N2/c1-2-8-16-9-7-14(12-16)11-15-10-13-5-3-4-6-13/h7,9,12-13,15H,2-6,8,10-11H2,1H3. The van der Waals surface area contributed by atoms with Crippen LogP contribution in [-0.4, -0.2) is 11.1 Å². The van der Waals surface area contributed by atoms with Crippen LogP contribution in [0.3, 0.4) is 0 Å². The highest BCUT2D eigenvalue weighted by molar-refractivity contribution is 5.09. The Hall–Kier alpha value is -0.760. The Morgan fingerprint density at radius 3 is 2.94 bits per heavy atom.